The van der Waals surface area contributed by atoms with Crippen molar-refractivity contribution in [3.63, 3.8) is 0 Å². The molecule has 0 bridgehead atoms. The Kier molecular flexibility index (Phi) is 4.99. The topological polar surface area (TPSA) is 86.9 Å². The number of benzene rings is 1. The molecule has 3 heterocycles. The van der Waals surface area contributed by atoms with E-state index in [0.29, 0.717) is 49.2 Å². The van der Waals surface area contributed by atoms with Gasteiger partial charge in [0.05, 0.1) is 36.3 Å². The zero-order chi connectivity index (χ0) is 19.9. The van der Waals surface area contributed by atoms with Gasteiger partial charge in [0.1, 0.15) is 18.2 Å². The van der Waals surface area contributed by atoms with E-state index < -0.39 is 5.56 Å². The molecule has 1 N–H and O–H groups in total. The van der Waals surface area contributed by atoms with E-state index in [4.69, 9.17) is 42.1 Å². The molecule has 0 amide bonds. The molecule has 1 spiro atoms. The van der Waals surface area contributed by atoms with Gasteiger partial charge in [0.15, 0.2) is 17.3 Å². The number of H-pyrrole nitrogens is 1. The average Bonchev–Trinajstić information content (AvgIpc) is 2.88. The molecule has 2 aliphatic heterocycles. The lowest BCUT2D eigenvalue weighted by Crippen LogP contribution is -2.50. The van der Waals surface area contributed by atoms with Crippen LogP contribution < -0.4 is 19.8 Å². The Labute approximate surface area is 170 Å². The smallest absolute Gasteiger partial charge is 0.267 e. The molecule has 0 aliphatic carbocycles. The van der Waals surface area contributed by atoms with Crippen LogP contribution in [0, 0.1) is 5.41 Å². The molecule has 2 aliphatic rings. The van der Waals surface area contributed by atoms with Crippen LogP contribution in [0.3, 0.4) is 0 Å². The number of nitrogens with one attached hydrogen (secondary N) is 1. The van der Waals surface area contributed by atoms with Crippen LogP contribution in [0.15, 0.2) is 23.1 Å². The summed E-state index contributed by atoms with van der Waals surface area (Å²) < 4.78 is 22.6. The largest absolute Gasteiger partial charge is 0.493 e. The van der Waals surface area contributed by atoms with E-state index in [0.717, 1.165) is 0 Å². The number of fused-ring (bicyclic) bond motifs is 1. The van der Waals surface area contributed by atoms with Crippen molar-refractivity contribution in [2.75, 3.05) is 33.5 Å². The second-order valence-electron chi connectivity index (χ2n) is 6.90. The summed E-state index contributed by atoms with van der Waals surface area (Å²) in [7, 11) is 1.52. The highest BCUT2D eigenvalue weighted by atomic mass is 35.5. The summed E-state index contributed by atoms with van der Waals surface area (Å²) in [6.07, 6.45) is 1.16. The molecule has 7 nitrogen and oxygen atoms in total. The van der Waals surface area contributed by atoms with Crippen molar-refractivity contribution in [1.82, 2.24) is 4.98 Å². The fourth-order valence-corrected chi connectivity index (χ4v) is 3.68. The maximum Gasteiger partial charge on any atom is 0.267 e. The van der Waals surface area contributed by atoms with Crippen LogP contribution in [0.2, 0.25) is 10.0 Å². The predicted octanol–water partition coefficient (Wildman–Crippen LogP) is 2.90. The number of Topliss-reactive ketones (excluding diaryl/α,β-unsaturated/α-hetero) is 1. The minimum atomic E-state index is -0.506. The molecule has 1 saturated heterocycles. The van der Waals surface area contributed by atoms with Crippen LogP contribution in [0.25, 0.3) is 0 Å². The number of halogens is 2. The molecule has 2 aromatic rings. The Bertz CT molecular complexity index is 999. The standard InChI is InChI=1S/C19H17Cl2NO6/c1-25-14-3-2-10(13(23)4-11-12(20)5-22-18(24)15(11)21)16-17(14)28-9-19(8-27-16)6-26-7-19/h2-3,5H,4,6-9H2,1H3,(H,22,24). The van der Waals surface area contributed by atoms with Gasteiger partial charge in [-0.3, -0.25) is 9.59 Å². The third kappa shape index (κ3) is 3.23. The molecular weight excluding hydrogens is 409 g/mol. The molecule has 1 aromatic heterocycles. The first-order chi connectivity index (χ1) is 13.4. The van der Waals surface area contributed by atoms with Crippen LogP contribution in [0.4, 0.5) is 0 Å². The number of ether oxygens (including phenoxy) is 4. The highest BCUT2D eigenvalue weighted by Gasteiger charge is 2.43. The maximum atomic E-state index is 13.0. The van der Waals surface area contributed by atoms with Gasteiger partial charge in [0, 0.05) is 18.2 Å². The Morgan fingerprint density at radius 3 is 2.54 bits per heavy atom. The third-order valence-corrected chi connectivity index (χ3v) is 5.62. The fourth-order valence-electron chi connectivity index (χ4n) is 3.19. The van der Waals surface area contributed by atoms with Crippen molar-refractivity contribution < 1.29 is 23.7 Å². The first kappa shape index (κ1) is 19.1. The van der Waals surface area contributed by atoms with Crippen LogP contribution in [-0.4, -0.2) is 44.3 Å². The Morgan fingerprint density at radius 2 is 1.89 bits per heavy atom. The molecule has 28 heavy (non-hydrogen) atoms. The van der Waals surface area contributed by atoms with Gasteiger partial charge in [-0.2, -0.15) is 0 Å². The van der Waals surface area contributed by atoms with E-state index in [9.17, 15) is 9.59 Å². The normalized spacial score (nSPS) is 17.0. The predicted molar refractivity (Wildman–Crippen MR) is 102 cm³/mol. The van der Waals surface area contributed by atoms with Gasteiger partial charge in [0.2, 0.25) is 5.75 Å². The second kappa shape index (κ2) is 7.31. The van der Waals surface area contributed by atoms with E-state index >= 15 is 0 Å². The first-order valence-electron chi connectivity index (χ1n) is 8.57. The Hall–Kier alpha value is -2.22. The zero-order valence-electron chi connectivity index (χ0n) is 15.0. The molecule has 1 aromatic carbocycles. The molecule has 0 atom stereocenters. The zero-order valence-corrected chi connectivity index (χ0v) is 16.5. The molecule has 0 radical (unpaired) electrons. The molecule has 0 unspecified atom stereocenters. The minimum Gasteiger partial charge on any atom is -0.493 e. The lowest BCUT2D eigenvalue weighted by atomic mass is 9.88. The second-order valence-corrected chi connectivity index (χ2v) is 7.69. The number of hydrogen-bond donors (Lipinski definition) is 1. The summed E-state index contributed by atoms with van der Waals surface area (Å²) in [6, 6.07) is 3.25. The maximum absolute atomic E-state index is 13.0. The van der Waals surface area contributed by atoms with Gasteiger partial charge in [-0.25, -0.2) is 0 Å². The lowest BCUT2D eigenvalue weighted by Gasteiger charge is -2.38. The SMILES string of the molecule is COc1ccc(C(=O)Cc2c(Cl)c[nH]c(=O)c2Cl)c2c1OCC1(COC1)CO2. The van der Waals surface area contributed by atoms with Crippen molar-refractivity contribution in [2.45, 2.75) is 6.42 Å². The number of methoxy groups -OCH3 is 1. The first-order valence-corrected chi connectivity index (χ1v) is 9.33. The van der Waals surface area contributed by atoms with Crippen molar-refractivity contribution >= 4 is 29.0 Å². The number of pyridine rings is 1. The fraction of sp³-hybridized carbons (Fsp3) is 0.368. The van der Waals surface area contributed by atoms with E-state index in [1.54, 1.807) is 12.1 Å². The van der Waals surface area contributed by atoms with E-state index in [-0.39, 0.29) is 33.2 Å². The molecule has 148 valence electrons. The van der Waals surface area contributed by atoms with Crippen molar-refractivity contribution in [2.24, 2.45) is 5.41 Å². The summed E-state index contributed by atoms with van der Waals surface area (Å²) >= 11 is 12.2. The Balaban J connectivity index is 1.70. The van der Waals surface area contributed by atoms with E-state index in [2.05, 4.69) is 4.98 Å². The summed E-state index contributed by atoms with van der Waals surface area (Å²) in [6.45, 7) is 1.83. The number of hydrogen-bond acceptors (Lipinski definition) is 6. The minimum absolute atomic E-state index is 0.108. The van der Waals surface area contributed by atoms with E-state index in [1.165, 1.54) is 13.3 Å². The highest BCUT2D eigenvalue weighted by Crippen LogP contribution is 2.45. The highest BCUT2D eigenvalue weighted by molar-refractivity contribution is 6.36. The number of aromatic nitrogens is 1. The van der Waals surface area contributed by atoms with Crippen molar-refractivity contribution in [3.8, 4) is 17.2 Å². The van der Waals surface area contributed by atoms with Gasteiger partial charge in [-0.1, -0.05) is 23.2 Å². The number of ketones is 1. The van der Waals surface area contributed by atoms with Crippen molar-refractivity contribution in [1.29, 1.82) is 0 Å². The lowest BCUT2D eigenvalue weighted by molar-refractivity contribution is -0.143. The van der Waals surface area contributed by atoms with Gasteiger partial charge >= 0.3 is 0 Å². The number of aromatic amines is 1. The van der Waals surface area contributed by atoms with E-state index in [1.807, 2.05) is 0 Å². The number of carbonyl (C=O) groups is 1. The van der Waals surface area contributed by atoms with Gasteiger partial charge < -0.3 is 23.9 Å². The number of carbonyl (C=O) groups excluding carboxylic acids is 1. The van der Waals surface area contributed by atoms with Crippen LogP contribution >= 0.6 is 23.2 Å². The third-order valence-electron chi connectivity index (χ3n) is 4.88. The summed E-state index contributed by atoms with van der Waals surface area (Å²) in [5, 5.41) is 0.100. The van der Waals surface area contributed by atoms with Crippen LogP contribution in [-0.2, 0) is 11.2 Å². The van der Waals surface area contributed by atoms with Crippen molar-refractivity contribution in [3.05, 3.63) is 49.9 Å². The molecule has 4 rings (SSSR count). The van der Waals surface area contributed by atoms with Crippen LogP contribution in [0.1, 0.15) is 15.9 Å². The number of rotatable bonds is 4. The average molecular weight is 426 g/mol. The van der Waals surface area contributed by atoms with Gasteiger partial charge in [-0.15, -0.1) is 0 Å². The molecule has 1 fully saturated rings. The summed E-state index contributed by atoms with van der Waals surface area (Å²) in [5.74, 6) is 0.846. The Morgan fingerprint density at radius 1 is 1.18 bits per heavy atom. The monoisotopic (exact) mass is 425 g/mol. The molecular formula is C19H17Cl2NO6. The quantitative estimate of drug-likeness (QED) is 0.757. The van der Waals surface area contributed by atoms with Gasteiger partial charge in [-0.05, 0) is 12.1 Å². The molecule has 9 heteroatoms. The molecule has 0 saturated carbocycles. The summed E-state index contributed by atoms with van der Waals surface area (Å²) in [5.41, 5.74) is -0.168. The van der Waals surface area contributed by atoms with Gasteiger partial charge in [0.25, 0.3) is 5.56 Å². The summed E-state index contributed by atoms with van der Waals surface area (Å²) in [4.78, 5) is 27.2. The van der Waals surface area contributed by atoms with Crippen LogP contribution in [0.5, 0.6) is 17.2 Å².